The van der Waals surface area contributed by atoms with E-state index in [0.717, 1.165) is 26.1 Å². The topological polar surface area (TPSA) is 44.0 Å². The first kappa shape index (κ1) is 13.5. The maximum Gasteiger partial charge on any atom is 0.0474 e. The lowest BCUT2D eigenvalue weighted by Gasteiger charge is -2.16. The fraction of sp³-hybridized carbons (Fsp3) is 1.00. The standard InChI is InChI=1S/C8H19NO.H2O/c1-4-9(5-2)7-6-8-10-3;/h4-8H2,1-3H3;1H2. The second-order valence-electron chi connectivity index (χ2n) is 2.37. The van der Waals surface area contributed by atoms with E-state index < -0.39 is 0 Å². The van der Waals surface area contributed by atoms with Gasteiger partial charge in [-0.1, -0.05) is 13.8 Å². The highest BCUT2D eigenvalue weighted by Crippen LogP contribution is 1.89. The monoisotopic (exact) mass is 163 g/mol. The second-order valence-corrected chi connectivity index (χ2v) is 2.37. The molecule has 0 saturated heterocycles. The summed E-state index contributed by atoms with van der Waals surface area (Å²) in [4.78, 5) is 2.40. The molecule has 0 saturated carbocycles. The first-order chi connectivity index (χ1) is 4.85. The van der Waals surface area contributed by atoms with Crippen LogP contribution in [0.1, 0.15) is 20.3 Å². The van der Waals surface area contributed by atoms with Crippen molar-refractivity contribution >= 4 is 0 Å². The normalized spacial score (nSPS) is 9.82. The van der Waals surface area contributed by atoms with E-state index in [2.05, 4.69) is 18.7 Å². The number of methoxy groups -OCH3 is 1. The number of ether oxygens (including phenoxy) is 1. The third-order valence-corrected chi connectivity index (χ3v) is 1.72. The van der Waals surface area contributed by atoms with E-state index >= 15 is 0 Å². The molecule has 0 fully saturated rings. The Morgan fingerprint density at radius 2 is 1.73 bits per heavy atom. The highest BCUT2D eigenvalue weighted by Gasteiger charge is 1.96. The molecule has 0 heterocycles. The largest absolute Gasteiger partial charge is 0.412 e. The van der Waals surface area contributed by atoms with E-state index in [0.29, 0.717) is 0 Å². The molecule has 0 atom stereocenters. The lowest BCUT2D eigenvalue weighted by Crippen LogP contribution is -2.24. The van der Waals surface area contributed by atoms with Crippen LogP contribution in [0.3, 0.4) is 0 Å². The Kier molecular flexibility index (Phi) is 12.1. The quantitative estimate of drug-likeness (QED) is 0.536. The summed E-state index contributed by atoms with van der Waals surface area (Å²) < 4.78 is 4.95. The van der Waals surface area contributed by atoms with Gasteiger partial charge in [0.15, 0.2) is 0 Å². The van der Waals surface area contributed by atoms with Crippen LogP contribution in [-0.2, 0) is 4.74 Å². The molecule has 0 rings (SSSR count). The van der Waals surface area contributed by atoms with Crippen molar-refractivity contribution in [3.63, 3.8) is 0 Å². The molecule has 3 heteroatoms. The summed E-state index contributed by atoms with van der Waals surface area (Å²) in [6, 6.07) is 0. The first-order valence-corrected chi connectivity index (χ1v) is 4.06. The smallest absolute Gasteiger partial charge is 0.0474 e. The van der Waals surface area contributed by atoms with Crippen molar-refractivity contribution in [2.45, 2.75) is 20.3 Å². The zero-order valence-electron chi connectivity index (χ0n) is 7.89. The molecular formula is C8H21NO2. The van der Waals surface area contributed by atoms with Gasteiger partial charge in [0, 0.05) is 20.3 Å². The van der Waals surface area contributed by atoms with Crippen molar-refractivity contribution in [3.8, 4) is 0 Å². The van der Waals surface area contributed by atoms with Crippen molar-refractivity contribution in [1.29, 1.82) is 0 Å². The third-order valence-electron chi connectivity index (χ3n) is 1.72. The van der Waals surface area contributed by atoms with Crippen molar-refractivity contribution in [2.24, 2.45) is 0 Å². The predicted octanol–water partition coefficient (Wildman–Crippen LogP) is 0.540. The van der Waals surface area contributed by atoms with Crippen molar-refractivity contribution in [1.82, 2.24) is 4.90 Å². The SMILES string of the molecule is CCN(CC)CCCOC.O. The third kappa shape index (κ3) is 7.78. The molecule has 0 aromatic carbocycles. The van der Waals surface area contributed by atoms with Gasteiger partial charge < -0.3 is 15.1 Å². The number of hydrogen-bond acceptors (Lipinski definition) is 2. The molecule has 0 aromatic rings. The molecule has 0 bridgehead atoms. The van der Waals surface area contributed by atoms with E-state index in [-0.39, 0.29) is 5.48 Å². The highest BCUT2D eigenvalue weighted by molar-refractivity contribution is 4.50. The number of hydrogen-bond donors (Lipinski definition) is 0. The van der Waals surface area contributed by atoms with E-state index in [1.165, 1.54) is 6.54 Å². The predicted molar refractivity (Wildman–Crippen MR) is 47.9 cm³/mol. The van der Waals surface area contributed by atoms with E-state index in [1.807, 2.05) is 0 Å². The molecular weight excluding hydrogens is 142 g/mol. The Morgan fingerprint density at radius 3 is 2.09 bits per heavy atom. The molecule has 0 unspecified atom stereocenters. The van der Waals surface area contributed by atoms with Crippen LogP contribution in [0.15, 0.2) is 0 Å². The van der Waals surface area contributed by atoms with E-state index in [4.69, 9.17) is 4.74 Å². The Balaban J connectivity index is 0. The molecule has 3 nitrogen and oxygen atoms in total. The van der Waals surface area contributed by atoms with Crippen LogP contribution in [0, 0.1) is 0 Å². The molecule has 70 valence electrons. The molecule has 0 amide bonds. The fourth-order valence-electron chi connectivity index (χ4n) is 0.972. The summed E-state index contributed by atoms with van der Waals surface area (Å²) in [5.41, 5.74) is 0. The summed E-state index contributed by atoms with van der Waals surface area (Å²) in [6.45, 7) is 8.74. The van der Waals surface area contributed by atoms with Gasteiger partial charge in [-0.15, -0.1) is 0 Å². The van der Waals surface area contributed by atoms with Crippen LogP contribution < -0.4 is 0 Å². The lowest BCUT2D eigenvalue weighted by atomic mass is 10.4. The van der Waals surface area contributed by atoms with Crippen molar-refractivity contribution in [2.75, 3.05) is 33.4 Å². The lowest BCUT2D eigenvalue weighted by molar-refractivity contribution is 0.175. The summed E-state index contributed by atoms with van der Waals surface area (Å²) in [7, 11) is 1.75. The van der Waals surface area contributed by atoms with Crippen LogP contribution in [0.5, 0.6) is 0 Å². The molecule has 0 aliphatic carbocycles. The van der Waals surface area contributed by atoms with Gasteiger partial charge in [-0.2, -0.15) is 0 Å². The molecule has 0 spiro atoms. The van der Waals surface area contributed by atoms with Crippen LogP contribution in [0.25, 0.3) is 0 Å². The summed E-state index contributed by atoms with van der Waals surface area (Å²) in [5.74, 6) is 0. The molecule has 11 heavy (non-hydrogen) atoms. The average Bonchev–Trinajstić information content (AvgIpc) is 1.99. The number of nitrogens with zero attached hydrogens (tertiary/aromatic N) is 1. The average molecular weight is 163 g/mol. The fourth-order valence-corrected chi connectivity index (χ4v) is 0.972. The zero-order valence-corrected chi connectivity index (χ0v) is 7.89. The molecule has 0 radical (unpaired) electrons. The van der Waals surface area contributed by atoms with Gasteiger partial charge in [-0.25, -0.2) is 0 Å². The van der Waals surface area contributed by atoms with Crippen LogP contribution in [0.2, 0.25) is 0 Å². The van der Waals surface area contributed by atoms with Gasteiger partial charge in [0.05, 0.1) is 0 Å². The molecule has 0 aliphatic rings. The van der Waals surface area contributed by atoms with Gasteiger partial charge in [-0.3, -0.25) is 0 Å². The van der Waals surface area contributed by atoms with Gasteiger partial charge in [0.2, 0.25) is 0 Å². The van der Waals surface area contributed by atoms with Gasteiger partial charge >= 0.3 is 0 Å². The second kappa shape index (κ2) is 9.88. The van der Waals surface area contributed by atoms with Crippen molar-refractivity contribution < 1.29 is 10.2 Å². The van der Waals surface area contributed by atoms with Crippen LogP contribution in [0.4, 0.5) is 0 Å². The number of rotatable bonds is 6. The highest BCUT2D eigenvalue weighted by atomic mass is 16.5. The van der Waals surface area contributed by atoms with E-state index in [9.17, 15) is 0 Å². The summed E-state index contributed by atoms with van der Waals surface area (Å²) in [6.07, 6.45) is 1.15. The van der Waals surface area contributed by atoms with Gasteiger partial charge in [0.25, 0.3) is 0 Å². The maximum atomic E-state index is 4.95. The summed E-state index contributed by atoms with van der Waals surface area (Å²) in [5, 5.41) is 0. The maximum absolute atomic E-state index is 4.95. The minimum Gasteiger partial charge on any atom is -0.412 e. The Morgan fingerprint density at radius 1 is 1.18 bits per heavy atom. The minimum atomic E-state index is 0. The zero-order chi connectivity index (χ0) is 7.82. The Bertz CT molecular complexity index is 65.1. The minimum absolute atomic E-state index is 0. The van der Waals surface area contributed by atoms with Gasteiger partial charge in [0.1, 0.15) is 0 Å². The molecule has 0 aliphatic heterocycles. The Labute approximate surface area is 69.6 Å². The Hall–Kier alpha value is -0.120. The van der Waals surface area contributed by atoms with Gasteiger partial charge in [-0.05, 0) is 19.5 Å². The van der Waals surface area contributed by atoms with Crippen LogP contribution in [-0.4, -0.2) is 43.7 Å². The van der Waals surface area contributed by atoms with Crippen LogP contribution >= 0.6 is 0 Å². The molecule has 2 N–H and O–H groups in total. The first-order valence-electron chi connectivity index (χ1n) is 4.06. The van der Waals surface area contributed by atoms with Crippen molar-refractivity contribution in [3.05, 3.63) is 0 Å². The van der Waals surface area contributed by atoms with E-state index in [1.54, 1.807) is 7.11 Å². The summed E-state index contributed by atoms with van der Waals surface area (Å²) >= 11 is 0. The molecule has 0 aromatic heterocycles.